The molecule has 4 N–H and O–H groups in total. The van der Waals surface area contributed by atoms with E-state index >= 15 is 0 Å². The molecule has 1 heterocycles. The van der Waals surface area contributed by atoms with E-state index in [1.54, 1.807) is 18.2 Å². The van der Waals surface area contributed by atoms with Gasteiger partial charge in [0, 0.05) is 10.7 Å². The van der Waals surface area contributed by atoms with Crippen LogP contribution in [0.4, 0.5) is 11.4 Å². The number of carbonyl (C=O) groups is 2. The number of carboxylic acids is 1. The number of hydrogen-bond acceptors (Lipinski definition) is 4. The molecule has 0 saturated carbocycles. The number of aromatic carboxylic acids is 1. The predicted molar refractivity (Wildman–Crippen MR) is 77.7 cm³/mol. The number of carbonyl (C=O) groups excluding carboxylic acids is 1. The maximum absolute atomic E-state index is 12.0. The first-order chi connectivity index (χ1) is 9.49. The van der Waals surface area contributed by atoms with Gasteiger partial charge in [0.2, 0.25) is 0 Å². The second kappa shape index (κ2) is 5.70. The van der Waals surface area contributed by atoms with Crippen molar-refractivity contribution < 1.29 is 14.7 Å². The Morgan fingerprint density at radius 2 is 2.05 bits per heavy atom. The van der Waals surface area contributed by atoms with Crippen molar-refractivity contribution in [3.63, 3.8) is 0 Å². The average Bonchev–Trinajstić information content (AvgIpc) is 2.41. The molecule has 0 bridgehead atoms. The van der Waals surface area contributed by atoms with Crippen LogP contribution in [0.2, 0.25) is 0 Å². The second-order valence-electron chi connectivity index (χ2n) is 3.89. The number of nitrogens with two attached hydrogens (primary N) is 1. The first-order valence-electron chi connectivity index (χ1n) is 5.53. The van der Waals surface area contributed by atoms with Gasteiger partial charge in [-0.15, -0.1) is 0 Å². The summed E-state index contributed by atoms with van der Waals surface area (Å²) in [6.07, 6.45) is 1.44. The van der Waals surface area contributed by atoms with Crippen LogP contribution in [0.25, 0.3) is 0 Å². The Balaban J connectivity index is 2.33. The van der Waals surface area contributed by atoms with Gasteiger partial charge >= 0.3 is 5.97 Å². The van der Waals surface area contributed by atoms with Crippen molar-refractivity contribution in [3.8, 4) is 0 Å². The Morgan fingerprint density at radius 1 is 1.30 bits per heavy atom. The molecule has 0 fully saturated rings. The molecule has 0 spiro atoms. The van der Waals surface area contributed by atoms with Gasteiger partial charge < -0.3 is 16.2 Å². The lowest BCUT2D eigenvalue weighted by Gasteiger charge is -2.09. The smallest absolute Gasteiger partial charge is 0.337 e. The highest BCUT2D eigenvalue weighted by Crippen LogP contribution is 2.22. The van der Waals surface area contributed by atoms with E-state index in [0.717, 1.165) is 0 Å². The zero-order chi connectivity index (χ0) is 14.7. The topological polar surface area (TPSA) is 105 Å². The average molecular weight is 336 g/mol. The molecular formula is C13H10BrN3O3. The predicted octanol–water partition coefficient (Wildman–Crippen LogP) is 2.38. The molecule has 6 nitrogen and oxygen atoms in total. The SMILES string of the molecule is Nc1cccnc1C(=O)Nc1ccc(Br)cc1C(=O)O. The molecule has 0 aliphatic heterocycles. The van der Waals surface area contributed by atoms with Crippen LogP contribution in [0.15, 0.2) is 41.0 Å². The van der Waals surface area contributed by atoms with Crippen molar-refractivity contribution in [1.82, 2.24) is 4.98 Å². The number of nitrogen functional groups attached to an aromatic ring is 1. The molecule has 0 aliphatic rings. The number of amides is 1. The van der Waals surface area contributed by atoms with Crippen LogP contribution in [-0.4, -0.2) is 22.0 Å². The van der Waals surface area contributed by atoms with Crippen LogP contribution < -0.4 is 11.1 Å². The number of aromatic nitrogens is 1. The van der Waals surface area contributed by atoms with E-state index in [1.165, 1.54) is 18.3 Å². The number of carboxylic acid groups (broad SMARTS) is 1. The third-order valence-electron chi connectivity index (χ3n) is 2.51. The first-order valence-corrected chi connectivity index (χ1v) is 6.33. The normalized spacial score (nSPS) is 10.1. The summed E-state index contributed by atoms with van der Waals surface area (Å²) < 4.78 is 0.602. The zero-order valence-corrected chi connectivity index (χ0v) is 11.7. The maximum Gasteiger partial charge on any atom is 0.337 e. The van der Waals surface area contributed by atoms with Crippen molar-refractivity contribution >= 4 is 39.2 Å². The molecule has 0 unspecified atom stereocenters. The van der Waals surface area contributed by atoms with E-state index in [1.807, 2.05) is 0 Å². The van der Waals surface area contributed by atoms with Crippen LogP contribution in [0.1, 0.15) is 20.8 Å². The van der Waals surface area contributed by atoms with Crippen LogP contribution in [-0.2, 0) is 0 Å². The number of halogens is 1. The van der Waals surface area contributed by atoms with Gasteiger partial charge in [0.25, 0.3) is 5.91 Å². The highest BCUT2D eigenvalue weighted by molar-refractivity contribution is 9.10. The molecule has 0 atom stereocenters. The lowest BCUT2D eigenvalue weighted by molar-refractivity contribution is 0.0698. The van der Waals surface area contributed by atoms with Gasteiger partial charge in [0.1, 0.15) is 0 Å². The van der Waals surface area contributed by atoms with E-state index in [9.17, 15) is 9.59 Å². The summed E-state index contributed by atoms with van der Waals surface area (Å²) in [5.74, 6) is -1.71. The highest BCUT2D eigenvalue weighted by Gasteiger charge is 2.16. The van der Waals surface area contributed by atoms with Gasteiger partial charge in [-0.05, 0) is 30.3 Å². The van der Waals surface area contributed by atoms with E-state index in [-0.39, 0.29) is 22.6 Å². The van der Waals surface area contributed by atoms with Crippen LogP contribution >= 0.6 is 15.9 Å². The van der Waals surface area contributed by atoms with Crippen LogP contribution in [0.5, 0.6) is 0 Å². The first kappa shape index (κ1) is 14.0. The fourth-order valence-electron chi connectivity index (χ4n) is 1.59. The molecule has 2 aromatic rings. The van der Waals surface area contributed by atoms with Gasteiger partial charge in [-0.25, -0.2) is 9.78 Å². The standard InChI is InChI=1S/C13H10BrN3O3/c14-7-3-4-10(8(6-7)13(19)20)17-12(18)11-9(15)2-1-5-16-11/h1-6H,15H2,(H,17,18)(H,19,20). The molecule has 2 rings (SSSR count). The van der Waals surface area contributed by atoms with Gasteiger partial charge in [-0.3, -0.25) is 4.79 Å². The summed E-state index contributed by atoms with van der Waals surface area (Å²) in [6, 6.07) is 7.67. The fourth-order valence-corrected chi connectivity index (χ4v) is 1.95. The van der Waals surface area contributed by atoms with Gasteiger partial charge in [0.15, 0.2) is 5.69 Å². The lowest BCUT2D eigenvalue weighted by Crippen LogP contribution is -2.17. The summed E-state index contributed by atoms with van der Waals surface area (Å²) in [6.45, 7) is 0. The largest absolute Gasteiger partial charge is 0.478 e. The zero-order valence-electron chi connectivity index (χ0n) is 10.1. The molecule has 1 aromatic heterocycles. The van der Waals surface area contributed by atoms with Gasteiger partial charge in [0.05, 0.1) is 16.9 Å². The Bertz CT molecular complexity index is 688. The van der Waals surface area contributed by atoms with Gasteiger partial charge in [-0.1, -0.05) is 15.9 Å². The number of benzene rings is 1. The van der Waals surface area contributed by atoms with Crippen LogP contribution in [0, 0.1) is 0 Å². The Kier molecular flexibility index (Phi) is 3.99. The van der Waals surface area contributed by atoms with Gasteiger partial charge in [-0.2, -0.15) is 0 Å². The molecular weight excluding hydrogens is 326 g/mol. The molecule has 1 aromatic carbocycles. The second-order valence-corrected chi connectivity index (χ2v) is 4.81. The molecule has 7 heteroatoms. The Morgan fingerprint density at radius 3 is 2.70 bits per heavy atom. The molecule has 102 valence electrons. The Hall–Kier alpha value is -2.41. The van der Waals surface area contributed by atoms with Crippen molar-refractivity contribution in [2.24, 2.45) is 0 Å². The van der Waals surface area contributed by atoms with Crippen molar-refractivity contribution in [3.05, 3.63) is 52.3 Å². The van der Waals surface area contributed by atoms with Crippen molar-refractivity contribution in [1.29, 1.82) is 0 Å². The minimum absolute atomic E-state index is 0.0257. The van der Waals surface area contributed by atoms with E-state index in [2.05, 4.69) is 26.2 Å². The minimum atomic E-state index is -1.14. The monoisotopic (exact) mass is 335 g/mol. The van der Waals surface area contributed by atoms with E-state index < -0.39 is 11.9 Å². The molecule has 20 heavy (non-hydrogen) atoms. The van der Waals surface area contributed by atoms with Crippen molar-refractivity contribution in [2.75, 3.05) is 11.1 Å². The number of nitrogens with one attached hydrogen (secondary N) is 1. The third-order valence-corrected chi connectivity index (χ3v) is 3.01. The highest BCUT2D eigenvalue weighted by atomic mass is 79.9. The Labute approximate surface area is 122 Å². The van der Waals surface area contributed by atoms with E-state index in [4.69, 9.17) is 10.8 Å². The summed E-state index contributed by atoms with van der Waals surface area (Å²) in [4.78, 5) is 27.1. The molecule has 0 aliphatic carbocycles. The molecule has 0 saturated heterocycles. The lowest BCUT2D eigenvalue weighted by atomic mass is 10.1. The van der Waals surface area contributed by atoms with Crippen molar-refractivity contribution in [2.45, 2.75) is 0 Å². The number of hydrogen-bond donors (Lipinski definition) is 3. The van der Waals surface area contributed by atoms with Crippen LogP contribution in [0.3, 0.4) is 0 Å². The molecule has 0 radical (unpaired) electrons. The summed E-state index contributed by atoms with van der Waals surface area (Å²) in [5, 5.41) is 11.6. The third kappa shape index (κ3) is 2.94. The number of rotatable bonds is 3. The summed E-state index contributed by atoms with van der Waals surface area (Å²) in [5.41, 5.74) is 6.07. The maximum atomic E-state index is 12.0. The number of anilines is 2. The molecule has 1 amide bonds. The minimum Gasteiger partial charge on any atom is -0.478 e. The summed E-state index contributed by atoms with van der Waals surface area (Å²) in [7, 11) is 0. The quantitative estimate of drug-likeness (QED) is 0.798. The number of nitrogens with zero attached hydrogens (tertiary/aromatic N) is 1. The number of pyridine rings is 1. The van der Waals surface area contributed by atoms with E-state index in [0.29, 0.717) is 4.47 Å². The fraction of sp³-hybridized carbons (Fsp3) is 0. The summed E-state index contributed by atoms with van der Waals surface area (Å²) >= 11 is 3.18.